The van der Waals surface area contributed by atoms with E-state index in [1.165, 1.54) is 6.20 Å². The van der Waals surface area contributed by atoms with Gasteiger partial charge in [0.15, 0.2) is 11.6 Å². The number of benzene rings is 1. The van der Waals surface area contributed by atoms with Crippen molar-refractivity contribution in [2.75, 3.05) is 23.4 Å². The summed E-state index contributed by atoms with van der Waals surface area (Å²) in [4.78, 5) is 22.9. The molecule has 0 spiro atoms. The van der Waals surface area contributed by atoms with Crippen LogP contribution in [0.2, 0.25) is 0 Å². The topological polar surface area (TPSA) is 101 Å². The summed E-state index contributed by atoms with van der Waals surface area (Å²) in [6.07, 6.45) is 5.45. The van der Waals surface area contributed by atoms with Crippen molar-refractivity contribution in [3.63, 3.8) is 0 Å². The highest BCUT2D eigenvalue weighted by atomic mass is 19.1. The second kappa shape index (κ2) is 8.97. The standard InChI is InChI=1S/C24H24FN7O2/c1-3-34-23(33)20-10-16-8-9-32(14-21(16)31(20)2)24-26-13-19(25)22(30-24)29-18-6-4-15(5-7-18)17-11-27-28-12-17/h4-7,10-13H,3,8-9,14H2,1-2H3,(H,27,28)(H,26,29,30). The average Bonchev–Trinajstić information content (AvgIpc) is 3.50. The lowest BCUT2D eigenvalue weighted by Gasteiger charge is -2.28. The van der Waals surface area contributed by atoms with Gasteiger partial charge in [-0.1, -0.05) is 12.1 Å². The summed E-state index contributed by atoms with van der Waals surface area (Å²) in [7, 11) is 1.85. The van der Waals surface area contributed by atoms with Gasteiger partial charge in [0.2, 0.25) is 5.95 Å². The van der Waals surface area contributed by atoms with Crippen LogP contribution in [0.1, 0.15) is 28.7 Å². The fourth-order valence-electron chi connectivity index (χ4n) is 4.11. The molecule has 174 valence electrons. The van der Waals surface area contributed by atoms with Crippen molar-refractivity contribution < 1.29 is 13.9 Å². The minimum absolute atomic E-state index is 0.103. The molecule has 3 aromatic heterocycles. The number of H-pyrrole nitrogens is 1. The molecular weight excluding hydrogens is 437 g/mol. The number of carbonyl (C=O) groups is 1. The molecule has 0 radical (unpaired) electrons. The molecule has 1 aliphatic rings. The number of aromatic amines is 1. The van der Waals surface area contributed by atoms with Crippen LogP contribution in [-0.2, 0) is 24.8 Å². The van der Waals surface area contributed by atoms with Crippen LogP contribution in [0.15, 0.2) is 48.9 Å². The Kier molecular flexibility index (Phi) is 5.70. The third kappa shape index (κ3) is 4.09. The van der Waals surface area contributed by atoms with E-state index in [9.17, 15) is 9.18 Å². The van der Waals surface area contributed by atoms with Crippen LogP contribution in [0.3, 0.4) is 0 Å². The number of ether oxygens (including phenoxy) is 1. The number of hydrogen-bond acceptors (Lipinski definition) is 7. The van der Waals surface area contributed by atoms with Gasteiger partial charge >= 0.3 is 5.97 Å². The van der Waals surface area contributed by atoms with E-state index in [-0.39, 0.29) is 11.8 Å². The Balaban J connectivity index is 1.35. The van der Waals surface area contributed by atoms with Crippen LogP contribution in [0.25, 0.3) is 11.1 Å². The Labute approximate surface area is 195 Å². The number of esters is 1. The highest BCUT2D eigenvalue weighted by molar-refractivity contribution is 5.88. The zero-order chi connectivity index (χ0) is 23.7. The maximum atomic E-state index is 14.5. The molecule has 0 saturated heterocycles. The second-order valence-corrected chi connectivity index (χ2v) is 8.01. The molecule has 4 heterocycles. The molecule has 1 aromatic carbocycles. The van der Waals surface area contributed by atoms with Gasteiger partial charge in [-0.05, 0) is 42.7 Å². The Morgan fingerprint density at radius 1 is 1.24 bits per heavy atom. The molecule has 34 heavy (non-hydrogen) atoms. The molecule has 2 N–H and O–H groups in total. The highest BCUT2D eigenvalue weighted by Gasteiger charge is 2.26. The van der Waals surface area contributed by atoms with Gasteiger partial charge in [-0.3, -0.25) is 5.10 Å². The molecule has 0 aliphatic carbocycles. The summed E-state index contributed by atoms with van der Waals surface area (Å²) in [6.45, 7) is 3.28. The van der Waals surface area contributed by atoms with E-state index >= 15 is 0 Å². The Morgan fingerprint density at radius 2 is 2.06 bits per heavy atom. The third-order valence-corrected chi connectivity index (χ3v) is 5.92. The van der Waals surface area contributed by atoms with Crippen molar-refractivity contribution in [3.05, 3.63) is 71.7 Å². The average molecular weight is 462 g/mol. The van der Waals surface area contributed by atoms with Crippen LogP contribution in [0.4, 0.5) is 21.8 Å². The number of nitrogens with one attached hydrogen (secondary N) is 2. The maximum absolute atomic E-state index is 14.5. The lowest BCUT2D eigenvalue weighted by atomic mass is 10.1. The number of nitrogens with zero attached hydrogens (tertiary/aromatic N) is 5. The first-order chi connectivity index (χ1) is 16.5. The van der Waals surface area contributed by atoms with Crippen molar-refractivity contribution in [2.24, 2.45) is 7.05 Å². The van der Waals surface area contributed by atoms with Gasteiger partial charge in [0.25, 0.3) is 0 Å². The number of halogens is 1. The van der Waals surface area contributed by atoms with Crippen molar-refractivity contribution in [1.82, 2.24) is 24.7 Å². The fourth-order valence-corrected chi connectivity index (χ4v) is 4.11. The van der Waals surface area contributed by atoms with Crippen LogP contribution in [0, 0.1) is 5.82 Å². The molecule has 5 rings (SSSR count). The lowest BCUT2D eigenvalue weighted by molar-refractivity contribution is 0.0515. The van der Waals surface area contributed by atoms with Crippen LogP contribution < -0.4 is 10.2 Å². The first-order valence-electron chi connectivity index (χ1n) is 11.0. The lowest BCUT2D eigenvalue weighted by Crippen LogP contribution is -2.32. The van der Waals surface area contributed by atoms with Gasteiger partial charge in [0, 0.05) is 36.7 Å². The van der Waals surface area contributed by atoms with Crippen LogP contribution in [-0.4, -0.2) is 43.9 Å². The van der Waals surface area contributed by atoms with Crippen molar-refractivity contribution >= 4 is 23.4 Å². The predicted molar refractivity (Wildman–Crippen MR) is 125 cm³/mol. The number of anilines is 3. The first kappa shape index (κ1) is 21.6. The van der Waals surface area contributed by atoms with E-state index in [4.69, 9.17) is 4.74 Å². The van der Waals surface area contributed by atoms with E-state index in [0.29, 0.717) is 37.0 Å². The van der Waals surface area contributed by atoms with Gasteiger partial charge < -0.3 is 19.5 Å². The van der Waals surface area contributed by atoms with E-state index in [1.807, 2.05) is 53.0 Å². The number of aromatic nitrogens is 5. The first-order valence-corrected chi connectivity index (χ1v) is 11.0. The SMILES string of the molecule is CCOC(=O)c1cc2c(n1C)CN(c1ncc(F)c(Nc3ccc(-c4cn[nH]c4)cc3)n1)CC2. The van der Waals surface area contributed by atoms with Crippen molar-refractivity contribution in [3.8, 4) is 11.1 Å². The summed E-state index contributed by atoms with van der Waals surface area (Å²) in [5.41, 5.74) is 5.29. The number of hydrogen-bond donors (Lipinski definition) is 2. The van der Waals surface area contributed by atoms with Crippen LogP contribution in [0.5, 0.6) is 0 Å². The smallest absolute Gasteiger partial charge is 0.354 e. The fraction of sp³-hybridized carbons (Fsp3) is 0.250. The zero-order valence-electron chi connectivity index (χ0n) is 18.9. The molecule has 0 atom stereocenters. The Bertz CT molecular complexity index is 1320. The molecule has 4 aromatic rings. The maximum Gasteiger partial charge on any atom is 0.354 e. The van der Waals surface area contributed by atoms with Gasteiger partial charge in [0.1, 0.15) is 5.69 Å². The van der Waals surface area contributed by atoms with Gasteiger partial charge in [-0.25, -0.2) is 14.2 Å². The number of carbonyl (C=O) groups excluding carboxylic acids is 1. The monoisotopic (exact) mass is 461 g/mol. The summed E-state index contributed by atoms with van der Waals surface area (Å²) in [5, 5.41) is 9.79. The predicted octanol–water partition coefficient (Wildman–Crippen LogP) is 3.83. The minimum Gasteiger partial charge on any atom is -0.461 e. The molecular formula is C24H24FN7O2. The summed E-state index contributed by atoms with van der Waals surface area (Å²) in [6, 6.07) is 9.46. The Hall–Kier alpha value is -4.21. The van der Waals surface area contributed by atoms with Crippen LogP contribution >= 0.6 is 0 Å². The van der Waals surface area contributed by atoms with E-state index < -0.39 is 5.82 Å². The van der Waals surface area contributed by atoms with E-state index in [0.717, 1.165) is 28.8 Å². The quantitative estimate of drug-likeness (QED) is 0.421. The van der Waals surface area contributed by atoms with Gasteiger partial charge in [-0.15, -0.1) is 0 Å². The summed E-state index contributed by atoms with van der Waals surface area (Å²) in [5.74, 6) is -0.354. The highest BCUT2D eigenvalue weighted by Crippen LogP contribution is 2.28. The molecule has 0 saturated carbocycles. The summed E-state index contributed by atoms with van der Waals surface area (Å²) >= 11 is 0. The molecule has 0 unspecified atom stereocenters. The molecule has 1 aliphatic heterocycles. The normalized spacial score (nSPS) is 13.0. The van der Waals surface area contributed by atoms with Gasteiger partial charge in [-0.2, -0.15) is 10.1 Å². The third-order valence-electron chi connectivity index (χ3n) is 5.92. The molecule has 10 heteroatoms. The van der Waals surface area contributed by atoms with Crippen molar-refractivity contribution in [1.29, 1.82) is 0 Å². The van der Waals surface area contributed by atoms with E-state index in [1.54, 1.807) is 13.1 Å². The van der Waals surface area contributed by atoms with Gasteiger partial charge in [0.05, 0.1) is 25.5 Å². The van der Waals surface area contributed by atoms with E-state index in [2.05, 4.69) is 25.5 Å². The minimum atomic E-state index is -0.538. The molecule has 0 amide bonds. The summed E-state index contributed by atoms with van der Waals surface area (Å²) < 4.78 is 21.5. The molecule has 0 bridgehead atoms. The second-order valence-electron chi connectivity index (χ2n) is 8.01. The number of fused-ring (bicyclic) bond motifs is 1. The molecule has 0 fully saturated rings. The molecule has 9 nitrogen and oxygen atoms in total. The Morgan fingerprint density at radius 3 is 2.79 bits per heavy atom. The largest absolute Gasteiger partial charge is 0.461 e. The number of rotatable bonds is 6. The van der Waals surface area contributed by atoms with Crippen molar-refractivity contribution in [2.45, 2.75) is 19.9 Å². The zero-order valence-corrected chi connectivity index (χ0v) is 18.9.